The van der Waals surface area contributed by atoms with Crippen LogP contribution in [0.3, 0.4) is 0 Å². The Morgan fingerprint density at radius 1 is 1.11 bits per heavy atom. The molecule has 0 radical (unpaired) electrons. The third kappa shape index (κ3) is 6.09. The highest BCUT2D eigenvalue weighted by molar-refractivity contribution is 6.35. The molecule has 0 aliphatic carbocycles. The molecule has 5 nitrogen and oxygen atoms in total. The molecule has 0 saturated heterocycles. The second-order valence-corrected chi connectivity index (χ2v) is 6.30. The van der Waals surface area contributed by atoms with E-state index in [0.717, 1.165) is 16.7 Å². The Balaban J connectivity index is 1.89. The molecule has 0 heterocycles. The van der Waals surface area contributed by atoms with Crippen molar-refractivity contribution >= 4 is 11.8 Å². The Hall–Kier alpha value is -2.89. The van der Waals surface area contributed by atoms with Crippen LogP contribution in [0.1, 0.15) is 36.6 Å². The van der Waals surface area contributed by atoms with Gasteiger partial charge in [-0.05, 0) is 51.0 Å². The number of rotatable bonds is 7. The van der Waals surface area contributed by atoms with Gasteiger partial charge in [-0.2, -0.15) is 0 Å². The molecule has 0 fully saturated rings. The molecular formula is C21H25FN2O3. The topological polar surface area (TPSA) is 67.4 Å². The number of nitrogens with one attached hydrogen (secondary N) is 2. The van der Waals surface area contributed by atoms with Crippen LogP contribution in [-0.2, 0) is 16.0 Å². The van der Waals surface area contributed by atoms with Gasteiger partial charge in [0.2, 0.25) is 0 Å². The van der Waals surface area contributed by atoms with E-state index in [-0.39, 0.29) is 11.9 Å². The standard InChI is InChI=1S/C21H25FN2O3/c1-4-27-19-10-5-14(2)13-18(19)15(3)24-21(26)20(25)23-12-11-16-6-8-17(22)9-7-16/h5-10,13,15H,4,11-12H2,1-3H3,(H,23,25)(H,24,26). The average Bonchev–Trinajstić information content (AvgIpc) is 2.64. The van der Waals surface area contributed by atoms with Crippen LogP contribution in [0.25, 0.3) is 0 Å². The molecule has 0 spiro atoms. The van der Waals surface area contributed by atoms with Gasteiger partial charge in [-0.1, -0.05) is 29.8 Å². The summed E-state index contributed by atoms with van der Waals surface area (Å²) in [5, 5.41) is 5.28. The smallest absolute Gasteiger partial charge is 0.309 e. The van der Waals surface area contributed by atoms with Crippen LogP contribution in [0, 0.1) is 12.7 Å². The number of halogens is 1. The summed E-state index contributed by atoms with van der Waals surface area (Å²) in [5.74, 6) is -1.02. The Morgan fingerprint density at radius 2 is 1.81 bits per heavy atom. The maximum atomic E-state index is 12.9. The van der Waals surface area contributed by atoms with Crippen molar-refractivity contribution in [1.82, 2.24) is 10.6 Å². The molecule has 0 aliphatic rings. The monoisotopic (exact) mass is 372 g/mol. The number of hydrogen-bond donors (Lipinski definition) is 2. The first kappa shape index (κ1) is 20.4. The number of aryl methyl sites for hydroxylation is 1. The highest BCUT2D eigenvalue weighted by Crippen LogP contribution is 2.26. The van der Waals surface area contributed by atoms with Gasteiger partial charge in [-0.3, -0.25) is 9.59 Å². The molecule has 0 aromatic heterocycles. The molecule has 0 aliphatic heterocycles. The molecule has 2 aromatic carbocycles. The lowest BCUT2D eigenvalue weighted by molar-refractivity contribution is -0.139. The van der Waals surface area contributed by atoms with Crippen molar-refractivity contribution in [1.29, 1.82) is 0 Å². The molecule has 144 valence electrons. The summed E-state index contributed by atoms with van der Waals surface area (Å²) < 4.78 is 18.5. The van der Waals surface area contributed by atoms with Gasteiger partial charge < -0.3 is 15.4 Å². The maximum Gasteiger partial charge on any atom is 0.309 e. The number of carbonyl (C=O) groups is 2. The minimum Gasteiger partial charge on any atom is -0.494 e. The molecule has 1 unspecified atom stereocenters. The summed E-state index contributed by atoms with van der Waals surface area (Å²) >= 11 is 0. The van der Waals surface area contributed by atoms with Gasteiger partial charge >= 0.3 is 11.8 Å². The predicted molar refractivity (Wildman–Crippen MR) is 102 cm³/mol. The molecule has 1 atom stereocenters. The first-order valence-corrected chi connectivity index (χ1v) is 8.97. The fourth-order valence-corrected chi connectivity index (χ4v) is 2.68. The van der Waals surface area contributed by atoms with Crippen molar-refractivity contribution in [3.05, 3.63) is 65.0 Å². The Kier molecular flexibility index (Phi) is 7.34. The van der Waals surface area contributed by atoms with E-state index in [9.17, 15) is 14.0 Å². The Bertz CT molecular complexity index is 791. The second kappa shape index (κ2) is 9.71. The lowest BCUT2D eigenvalue weighted by Crippen LogP contribution is -2.41. The average molecular weight is 372 g/mol. The number of carbonyl (C=O) groups excluding carboxylic acids is 2. The van der Waals surface area contributed by atoms with Crippen molar-refractivity contribution in [2.24, 2.45) is 0 Å². The van der Waals surface area contributed by atoms with Crippen molar-refractivity contribution in [3.63, 3.8) is 0 Å². The van der Waals surface area contributed by atoms with Crippen LogP contribution in [0.15, 0.2) is 42.5 Å². The third-order valence-electron chi connectivity index (χ3n) is 4.10. The largest absolute Gasteiger partial charge is 0.494 e. The van der Waals surface area contributed by atoms with Gasteiger partial charge in [0.15, 0.2) is 0 Å². The summed E-state index contributed by atoms with van der Waals surface area (Å²) in [6.07, 6.45) is 0.515. The van der Waals surface area contributed by atoms with Crippen LogP contribution in [0.2, 0.25) is 0 Å². The fraction of sp³-hybridized carbons (Fsp3) is 0.333. The van der Waals surface area contributed by atoms with E-state index in [1.54, 1.807) is 19.1 Å². The van der Waals surface area contributed by atoms with Crippen LogP contribution < -0.4 is 15.4 Å². The number of hydrogen-bond acceptors (Lipinski definition) is 3. The Labute approximate surface area is 158 Å². The summed E-state index contributed by atoms with van der Waals surface area (Å²) in [5.41, 5.74) is 2.74. The first-order valence-electron chi connectivity index (χ1n) is 8.97. The van der Waals surface area contributed by atoms with Crippen molar-refractivity contribution in [2.45, 2.75) is 33.2 Å². The summed E-state index contributed by atoms with van der Waals surface area (Å²) in [6.45, 7) is 6.46. The molecule has 27 heavy (non-hydrogen) atoms. The van der Waals surface area contributed by atoms with Gasteiger partial charge in [0.05, 0.1) is 12.6 Å². The lowest BCUT2D eigenvalue weighted by atomic mass is 10.0. The van der Waals surface area contributed by atoms with Crippen molar-refractivity contribution in [2.75, 3.05) is 13.2 Å². The summed E-state index contributed by atoms with van der Waals surface area (Å²) in [6, 6.07) is 11.4. The molecule has 2 aromatic rings. The third-order valence-corrected chi connectivity index (χ3v) is 4.10. The van der Waals surface area contributed by atoms with E-state index >= 15 is 0 Å². The molecule has 2 N–H and O–H groups in total. The van der Waals surface area contributed by atoms with E-state index in [1.807, 2.05) is 32.0 Å². The number of ether oxygens (including phenoxy) is 1. The normalized spacial score (nSPS) is 11.6. The highest BCUT2D eigenvalue weighted by atomic mass is 19.1. The first-order chi connectivity index (χ1) is 12.9. The maximum absolute atomic E-state index is 12.9. The van der Waals surface area contributed by atoms with Gasteiger partial charge in [-0.15, -0.1) is 0 Å². The predicted octanol–water partition coefficient (Wildman–Crippen LogP) is 3.07. The number of amides is 2. The van der Waals surface area contributed by atoms with Crippen LogP contribution in [0.5, 0.6) is 5.75 Å². The molecule has 0 bridgehead atoms. The van der Waals surface area contributed by atoms with Gasteiger partial charge in [-0.25, -0.2) is 4.39 Å². The molecule has 0 saturated carbocycles. The number of benzene rings is 2. The van der Waals surface area contributed by atoms with E-state index < -0.39 is 11.8 Å². The van der Waals surface area contributed by atoms with Gasteiger partial charge in [0, 0.05) is 12.1 Å². The van der Waals surface area contributed by atoms with E-state index in [1.165, 1.54) is 12.1 Å². The van der Waals surface area contributed by atoms with Crippen molar-refractivity contribution < 1.29 is 18.7 Å². The molecule has 6 heteroatoms. The molecular weight excluding hydrogens is 347 g/mol. The zero-order valence-electron chi connectivity index (χ0n) is 15.8. The SMILES string of the molecule is CCOc1ccc(C)cc1C(C)NC(=O)C(=O)NCCc1ccc(F)cc1. The highest BCUT2D eigenvalue weighted by Gasteiger charge is 2.19. The summed E-state index contributed by atoms with van der Waals surface area (Å²) in [4.78, 5) is 24.2. The van der Waals surface area contributed by atoms with E-state index in [4.69, 9.17) is 4.74 Å². The lowest BCUT2D eigenvalue weighted by Gasteiger charge is -2.18. The van der Waals surface area contributed by atoms with Gasteiger partial charge in [0.1, 0.15) is 11.6 Å². The quantitative estimate of drug-likeness (QED) is 0.734. The van der Waals surface area contributed by atoms with Crippen LogP contribution in [0.4, 0.5) is 4.39 Å². The van der Waals surface area contributed by atoms with E-state index in [0.29, 0.717) is 25.3 Å². The zero-order chi connectivity index (χ0) is 19.8. The minimum absolute atomic E-state index is 0.293. The second-order valence-electron chi connectivity index (χ2n) is 6.30. The van der Waals surface area contributed by atoms with E-state index in [2.05, 4.69) is 10.6 Å². The van der Waals surface area contributed by atoms with Crippen molar-refractivity contribution in [3.8, 4) is 5.75 Å². The zero-order valence-corrected chi connectivity index (χ0v) is 15.8. The van der Waals surface area contributed by atoms with Crippen LogP contribution in [-0.4, -0.2) is 25.0 Å². The fourth-order valence-electron chi connectivity index (χ4n) is 2.68. The molecule has 2 amide bonds. The van der Waals surface area contributed by atoms with Gasteiger partial charge in [0.25, 0.3) is 0 Å². The Morgan fingerprint density at radius 3 is 2.48 bits per heavy atom. The minimum atomic E-state index is -0.703. The molecule has 2 rings (SSSR count). The summed E-state index contributed by atoms with van der Waals surface area (Å²) in [7, 11) is 0. The van der Waals surface area contributed by atoms with Crippen LogP contribution >= 0.6 is 0 Å².